The van der Waals surface area contributed by atoms with Crippen LogP contribution < -0.4 is 4.74 Å². The molecule has 0 amide bonds. The van der Waals surface area contributed by atoms with Crippen molar-refractivity contribution in [3.05, 3.63) is 57.8 Å². The number of hydrogen-bond donors (Lipinski definition) is 0. The van der Waals surface area contributed by atoms with Crippen LogP contribution in [0.5, 0.6) is 11.5 Å². The van der Waals surface area contributed by atoms with E-state index in [0.717, 1.165) is 0 Å². The maximum absolute atomic E-state index is 13.7. The van der Waals surface area contributed by atoms with Gasteiger partial charge in [-0.05, 0) is 29.8 Å². The Hall–Kier alpha value is -0.960. The van der Waals surface area contributed by atoms with E-state index in [1.54, 1.807) is 18.2 Å². The average Bonchev–Trinajstić information content (AvgIpc) is 2.36. The molecule has 18 heavy (non-hydrogen) atoms. The van der Waals surface area contributed by atoms with Crippen molar-refractivity contribution in [2.75, 3.05) is 0 Å². The van der Waals surface area contributed by atoms with Crippen LogP contribution in [0.1, 0.15) is 5.56 Å². The van der Waals surface area contributed by atoms with Crippen LogP contribution in [-0.2, 0) is 5.88 Å². The number of halogens is 4. The Kier molecular flexibility index (Phi) is 4.33. The van der Waals surface area contributed by atoms with E-state index in [4.69, 9.17) is 39.5 Å². The molecule has 0 spiro atoms. The van der Waals surface area contributed by atoms with Gasteiger partial charge in [0.2, 0.25) is 0 Å². The minimum absolute atomic E-state index is 0.0769. The van der Waals surface area contributed by atoms with Gasteiger partial charge >= 0.3 is 0 Å². The van der Waals surface area contributed by atoms with Crippen LogP contribution in [0.3, 0.4) is 0 Å². The number of hydrogen-bond acceptors (Lipinski definition) is 1. The third-order valence-corrected chi connectivity index (χ3v) is 3.12. The molecule has 2 aromatic rings. The molecule has 0 bridgehead atoms. The van der Waals surface area contributed by atoms with E-state index >= 15 is 0 Å². The summed E-state index contributed by atoms with van der Waals surface area (Å²) in [5.74, 6) is 0.133. The van der Waals surface area contributed by atoms with E-state index in [1.807, 2.05) is 0 Å². The van der Waals surface area contributed by atoms with Crippen molar-refractivity contribution < 1.29 is 9.13 Å². The highest BCUT2D eigenvalue weighted by molar-refractivity contribution is 6.34. The molecule has 0 saturated carbocycles. The molecule has 0 radical (unpaired) electrons. The summed E-state index contributed by atoms with van der Waals surface area (Å²) in [5.41, 5.74) is 0.679. The highest BCUT2D eigenvalue weighted by Crippen LogP contribution is 2.33. The van der Waals surface area contributed by atoms with Crippen molar-refractivity contribution in [1.82, 2.24) is 0 Å². The molecule has 0 unspecified atom stereocenters. The van der Waals surface area contributed by atoms with Crippen LogP contribution in [0.25, 0.3) is 0 Å². The molecule has 0 heterocycles. The lowest BCUT2D eigenvalue weighted by atomic mass is 10.2. The molecule has 0 aromatic heterocycles. The Balaban J connectivity index is 2.31. The number of alkyl halides is 1. The minimum atomic E-state index is -0.496. The quantitative estimate of drug-likeness (QED) is 0.664. The summed E-state index contributed by atoms with van der Waals surface area (Å²) >= 11 is 17.4. The van der Waals surface area contributed by atoms with Gasteiger partial charge in [-0.1, -0.05) is 29.3 Å². The highest BCUT2D eigenvalue weighted by Gasteiger charge is 2.09. The second-order valence-electron chi connectivity index (χ2n) is 3.58. The van der Waals surface area contributed by atoms with Gasteiger partial charge in [-0.3, -0.25) is 0 Å². The van der Waals surface area contributed by atoms with E-state index in [0.29, 0.717) is 21.4 Å². The van der Waals surface area contributed by atoms with Gasteiger partial charge in [-0.2, -0.15) is 0 Å². The number of ether oxygens (including phenoxy) is 1. The Morgan fingerprint density at radius 2 is 1.78 bits per heavy atom. The summed E-state index contributed by atoms with van der Waals surface area (Å²) in [4.78, 5) is 0. The lowest BCUT2D eigenvalue weighted by Crippen LogP contribution is -1.90. The number of benzene rings is 2. The molecule has 0 saturated heterocycles. The third-order valence-electron chi connectivity index (χ3n) is 2.26. The van der Waals surface area contributed by atoms with Crippen molar-refractivity contribution in [3.8, 4) is 11.5 Å². The summed E-state index contributed by atoms with van der Waals surface area (Å²) in [7, 11) is 0. The highest BCUT2D eigenvalue weighted by atomic mass is 35.5. The Morgan fingerprint density at radius 3 is 2.44 bits per heavy atom. The zero-order valence-corrected chi connectivity index (χ0v) is 11.4. The van der Waals surface area contributed by atoms with Crippen LogP contribution in [0, 0.1) is 5.82 Å². The molecule has 0 aliphatic rings. The fourth-order valence-corrected chi connectivity index (χ4v) is 1.87. The second-order valence-corrected chi connectivity index (χ2v) is 4.69. The molecule has 0 aliphatic carbocycles. The minimum Gasteiger partial charge on any atom is -0.453 e. The van der Waals surface area contributed by atoms with Crippen molar-refractivity contribution in [2.45, 2.75) is 5.88 Å². The summed E-state index contributed by atoms with van der Waals surface area (Å²) in [6.45, 7) is 0. The number of rotatable bonds is 3. The van der Waals surface area contributed by atoms with Gasteiger partial charge in [0.1, 0.15) is 5.75 Å². The maximum Gasteiger partial charge on any atom is 0.166 e. The standard InChI is InChI=1S/C13H8Cl3FO/c14-7-8-1-4-12(11(17)5-8)18-13-6-9(15)2-3-10(13)16/h1-6H,7H2. The Labute approximate surface area is 119 Å². The summed E-state index contributed by atoms with van der Waals surface area (Å²) in [5, 5.41) is 0.826. The van der Waals surface area contributed by atoms with E-state index < -0.39 is 5.82 Å². The lowest BCUT2D eigenvalue weighted by molar-refractivity contribution is 0.442. The SMILES string of the molecule is Fc1cc(CCl)ccc1Oc1cc(Cl)ccc1Cl. The van der Waals surface area contributed by atoms with Gasteiger partial charge in [0.05, 0.1) is 5.02 Å². The molecular weight excluding hydrogens is 297 g/mol. The van der Waals surface area contributed by atoms with E-state index in [1.165, 1.54) is 18.2 Å². The van der Waals surface area contributed by atoms with E-state index in [2.05, 4.69) is 0 Å². The summed E-state index contributed by atoms with van der Waals surface area (Å²) in [6, 6.07) is 9.25. The molecule has 2 rings (SSSR count). The van der Waals surface area contributed by atoms with Crippen molar-refractivity contribution in [1.29, 1.82) is 0 Å². The molecule has 0 fully saturated rings. The van der Waals surface area contributed by atoms with Crippen LogP contribution in [0.15, 0.2) is 36.4 Å². The zero-order chi connectivity index (χ0) is 13.1. The lowest BCUT2D eigenvalue weighted by Gasteiger charge is -2.09. The van der Waals surface area contributed by atoms with Crippen molar-refractivity contribution in [2.24, 2.45) is 0 Å². The van der Waals surface area contributed by atoms with Crippen molar-refractivity contribution >= 4 is 34.8 Å². The van der Waals surface area contributed by atoms with Gasteiger partial charge in [0.15, 0.2) is 11.6 Å². The van der Waals surface area contributed by atoms with E-state index in [-0.39, 0.29) is 11.6 Å². The predicted octanol–water partition coefficient (Wildman–Crippen LogP) is 5.66. The third kappa shape index (κ3) is 3.08. The van der Waals surface area contributed by atoms with Gasteiger partial charge in [0, 0.05) is 17.0 Å². The van der Waals surface area contributed by atoms with Gasteiger partial charge in [0.25, 0.3) is 0 Å². The van der Waals surface area contributed by atoms with Gasteiger partial charge in [-0.15, -0.1) is 11.6 Å². The first kappa shape index (κ1) is 13.5. The summed E-state index contributed by atoms with van der Waals surface area (Å²) in [6.07, 6.45) is 0. The Morgan fingerprint density at radius 1 is 1.00 bits per heavy atom. The normalized spacial score (nSPS) is 10.4. The Bertz CT molecular complexity index is 572. The summed E-state index contributed by atoms with van der Waals surface area (Å²) < 4.78 is 19.1. The molecule has 0 atom stereocenters. The maximum atomic E-state index is 13.7. The first-order valence-electron chi connectivity index (χ1n) is 5.07. The van der Waals surface area contributed by atoms with Crippen LogP contribution in [-0.4, -0.2) is 0 Å². The molecule has 2 aromatic carbocycles. The van der Waals surface area contributed by atoms with Crippen LogP contribution in [0.2, 0.25) is 10.0 Å². The molecule has 0 aliphatic heterocycles. The van der Waals surface area contributed by atoms with Gasteiger partial charge in [-0.25, -0.2) is 4.39 Å². The fraction of sp³-hybridized carbons (Fsp3) is 0.0769. The van der Waals surface area contributed by atoms with Crippen LogP contribution >= 0.6 is 34.8 Å². The van der Waals surface area contributed by atoms with Crippen molar-refractivity contribution in [3.63, 3.8) is 0 Å². The molecular formula is C13H8Cl3FO. The van der Waals surface area contributed by atoms with Gasteiger partial charge < -0.3 is 4.74 Å². The first-order chi connectivity index (χ1) is 8.60. The predicted molar refractivity (Wildman–Crippen MR) is 72.5 cm³/mol. The molecule has 1 nitrogen and oxygen atoms in total. The fourth-order valence-electron chi connectivity index (χ4n) is 1.38. The zero-order valence-electron chi connectivity index (χ0n) is 9.09. The monoisotopic (exact) mass is 304 g/mol. The molecule has 5 heteroatoms. The molecule has 94 valence electrons. The molecule has 0 N–H and O–H groups in total. The topological polar surface area (TPSA) is 9.23 Å². The average molecular weight is 306 g/mol. The largest absolute Gasteiger partial charge is 0.453 e. The second kappa shape index (κ2) is 5.79. The first-order valence-corrected chi connectivity index (χ1v) is 6.36. The smallest absolute Gasteiger partial charge is 0.166 e. The van der Waals surface area contributed by atoms with Crippen LogP contribution in [0.4, 0.5) is 4.39 Å². The van der Waals surface area contributed by atoms with E-state index in [9.17, 15) is 4.39 Å².